The predicted octanol–water partition coefficient (Wildman–Crippen LogP) is 4.94. The van der Waals surface area contributed by atoms with Crippen molar-refractivity contribution < 1.29 is 4.74 Å². The molecule has 3 aromatic rings. The summed E-state index contributed by atoms with van der Waals surface area (Å²) in [5.74, 6) is 2.44. The molecule has 0 atom stereocenters. The molecule has 0 aliphatic heterocycles. The van der Waals surface area contributed by atoms with Crippen LogP contribution in [0.25, 0.3) is 10.9 Å². The number of anilines is 3. The van der Waals surface area contributed by atoms with Gasteiger partial charge in [0, 0.05) is 30.7 Å². The molecular formula is C24H33N5O. The molecule has 0 amide bonds. The Kier molecular flexibility index (Phi) is 7.85. The topological polar surface area (TPSA) is 53.5 Å². The maximum Gasteiger partial charge on any atom is 0.227 e. The number of rotatable bonds is 11. The van der Waals surface area contributed by atoms with Gasteiger partial charge in [0.15, 0.2) is 0 Å². The Labute approximate surface area is 179 Å². The first-order valence-electron chi connectivity index (χ1n) is 10.9. The third-order valence-electron chi connectivity index (χ3n) is 5.33. The SMILES string of the molecule is CCN(CC)CCOc1ccc(Nc2nc(N(CC)CC)nc3ccccc23)cc1. The molecule has 0 spiro atoms. The van der Waals surface area contributed by atoms with Gasteiger partial charge in [0.05, 0.1) is 5.52 Å². The van der Waals surface area contributed by atoms with Crippen molar-refractivity contribution in [3.63, 3.8) is 0 Å². The standard InChI is InChI=1S/C24H33N5O/c1-5-28(6-2)17-18-30-20-15-13-19(14-16-20)25-23-21-11-9-10-12-22(21)26-24(27-23)29(7-3)8-4/h9-16H,5-8,17-18H2,1-4H3,(H,25,26,27). The Balaban J connectivity index is 1.75. The van der Waals surface area contributed by atoms with E-state index in [2.05, 4.69) is 42.8 Å². The predicted molar refractivity (Wildman–Crippen MR) is 126 cm³/mol. The lowest BCUT2D eigenvalue weighted by Crippen LogP contribution is -2.27. The highest BCUT2D eigenvalue weighted by Gasteiger charge is 2.12. The molecule has 160 valence electrons. The number of hydrogen-bond acceptors (Lipinski definition) is 6. The van der Waals surface area contributed by atoms with Gasteiger partial charge >= 0.3 is 0 Å². The Morgan fingerprint density at radius 1 is 0.833 bits per heavy atom. The van der Waals surface area contributed by atoms with E-state index in [1.807, 2.05) is 48.5 Å². The molecular weight excluding hydrogens is 374 g/mol. The van der Waals surface area contributed by atoms with Crippen molar-refractivity contribution in [3.05, 3.63) is 48.5 Å². The van der Waals surface area contributed by atoms with Gasteiger partial charge in [-0.05, 0) is 63.3 Å². The minimum Gasteiger partial charge on any atom is -0.492 e. The van der Waals surface area contributed by atoms with Crippen LogP contribution in [0, 0.1) is 0 Å². The zero-order valence-corrected chi connectivity index (χ0v) is 18.6. The Hall–Kier alpha value is -2.86. The summed E-state index contributed by atoms with van der Waals surface area (Å²) in [4.78, 5) is 14.1. The van der Waals surface area contributed by atoms with Gasteiger partial charge < -0.3 is 19.9 Å². The van der Waals surface area contributed by atoms with Crippen LogP contribution in [0.1, 0.15) is 27.7 Å². The van der Waals surface area contributed by atoms with Crippen LogP contribution in [0.2, 0.25) is 0 Å². The van der Waals surface area contributed by atoms with E-state index in [-0.39, 0.29) is 0 Å². The lowest BCUT2D eigenvalue weighted by Gasteiger charge is -2.20. The number of para-hydroxylation sites is 1. The van der Waals surface area contributed by atoms with E-state index >= 15 is 0 Å². The maximum atomic E-state index is 5.89. The van der Waals surface area contributed by atoms with Gasteiger partial charge in [-0.15, -0.1) is 0 Å². The van der Waals surface area contributed by atoms with E-state index in [9.17, 15) is 0 Å². The van der Waals surface area contributed by atoms with Gasteiger partial charge in [0.25, 0.3) is 0 Å². The summed E-state index contributed by atoms with van der Waals surface area (Å²) in [7, 11) is 0. The average Bonchev–Trinajstić information content (AvgIpc) is 2.79. The van der Waals surface area contributed by atoms with Crippen LogP contribution < -0.4 is 15.0 Å². The van der Waals surface area contributed by atoms with Crippen LogP contribution in [0.15, 0.2) is 48.5 Å². The van der Waals surface area contributed by atoms with E-state index in [1.165, 1.54) is 0 Å². The number of hydrogen-bond donors (Lipinski definition) is 1. The van der Waals surface area contributed by atoms with Crippen molar-refractivity contribution in [2.24, 2.45) is 0 Å². The lowest BCUT2D eigenvalue weighted by molar-refractivity contribution is 0.223. The fraction of sp³-hybridized carbons (Fsp3) is 0.417. The molecule has 0 saturated carbocycles. The van der Waals surface area contributed by atoms with Crippen molar-refractivity contribution >= 4 is 28.4 Å². The van der Waals surface area contributed by atoms with Gasteiger partial charge in [-0.2, -0.15) is 4.98 Å². The number of nitrogens with zero attached hydrogens (tertiary/aromatic N) is 4. The molecule has 1 aromatic heterocycles. The molecule has 3 rings (SSSR count). The smallest absolute Gasteiger partial charge is 0.227 e. The fourth-order valence-corrected chi connectivity index (χ4v) is 3.41. The molecule has 2 aromatic carbocycles. The second kappa shape index (κ2) is 10.8. The molecule has 1 heterocycles. The first-order valence-corrected chi connectivity index (χ1v) is 10.9. The highest BCUT2D eigenvalue weighted by atomic mass is 16.5. The van der Waals surface area contributed by atoms with E-state index < -0.39 is 0 Å². The van der Waals surface area contributed by atoms with Crippen LogP contribution >= 0.6 is 0 Å². The van der Waals surface area contributed by atoms with Gasteiger partial charge in [-0.25, -0.2) is 4.98 Å². The Morgan fingerprint density at radius 2 is 1.53 bits per heavy atom. The monoisotopic (exact) mass is 407 g/mol. The number of benzene rings is 2. The van der Waals surface area contributed by atoms with Gasteiger partial charge in [0.1, 0.15) is 18.2 Å². The molecule has 30 heavy (non-hydrogen) atoms. The molecule has 0 unspecified atom stereocenters. The molecule has 0 aliphatic rings. The quantitative estimate of drug-likeness (QED) is 0.486. The summed E-state index contributed by atoms with van der Waals surface area (Å²) in [5, 5.41) is 4.48. The molecule has 0 radical (unpaired) electrons. The first kappa shape index (κ1) is 21.8. The Bertz CT molecular complexity index is 921. The Morgan fingerprint density at radius 3 is 2.20 bits per heavy atom. The zero-order chi connectivity index (χ0) is 21.3. The molecule has 6 nitrogen and oxygen atoms in total. The molecule has 0 aliphatic carbocycles. The lowest BCUT2D eigenvalue weighted by atomic mass is 10.2. The largest absolute Gasteiger partial charge is 0.492 e. The van der Waals surface area contributed by atoms with E-state index in [0.717, 1.165) is 66.8 Å². The second-order valence-electron chi connectivity index (χ2n) is 7.09. The van der Waals surface area contributed by atoms with E-state index in [1.54, 1.807) is 0 Å². The van der Waals surface area contributed by atoms with Crippen molar-refractivity contribution in [2.45, 2.75) is 27.7 Å². The van der Waals surface area contributed by atoms with Gasteiger partial charge in [-0.3, -0.25) is 0 Å². The van der Waals surface area contributed by atoms with Crippen molar-refractivity contribution in [3.8, 4) is 5.75 Å². The van der Waals surface area contributed by atoms with Crippen molar-refractivity contribution in [1.29, 1.82) is 0 Å². The first-order chi connectivity index (χ1) is 14.7. The number of likely N-dealkylation sites (N-methyl/N-ethyl adjacent to an activating group) is 1. The maximum absolute atomic E-state index is 5.89. The highest BCUT2D eigenvalue weighted by Crippen LogP contribution is 2.27. The average molecular weight is 408 g/mol. The second-order valence-corrected chi connectivity index (χ2v) is 7.09. The molecule has 0 fully saturated rings. The minimum atomic E-state index is 0.693. The van der Waals surface area contributed by atoms with Crippen LogP contribution in [-0.4, -0.2) is 54.2 Å². The summed E-state index contributed by atoms with van der Waals surface area (Å²) < 4.78 is 5.89. The summed E-state index contributed by atoms with van der Waals surface area (Å²) in [6, 6.07) is 16.2. The van der Waals surface area contributed by atoms with Crippen LogP contribution in [-0.2, 0) is 0 Å². The fourth-order valence-electron chi connectivity index (χ4n) is 3.41. The van der Waals surface area contributed by atoms with E-state index in [4.69, 9.17) is 14.7 Å². The number of fused-ring (bicyclic) bond motifs is 1. The summed E-state index contributed by atoms with van der Waals surface area (Å²) >= 11 is 0. The van der Waals surface area contributed by atoms with E-state index in [0.29, 0.717) is 6.61 Å². The minimum absolute atomic E-state index is 0.693. The van der Waals surface area contributed by atoms with Gasteiger partial charge in [-0.1, -0.05) is 26.0 Å². The highest BCUT2D eigenvalue weighted by molar-refractivity contribution is 5.91. The molecule has 1 N–H and O–H groups in total. The van der Waals surface area contributed by atoms with Crippen molar-refractivity contribution in [2.75, 3.05) is 49.5 Å². The molecule has 6 heteroatoms. The molecule has 0 saturated heterocycles. The summed E-state index contributed by atoms with van der Waals surface area (Å²) in [6.45, 7) is 14.0. The number of ether oxygens (including phenoxy) is 1. The van der Waals surface area contributed by atoms with Gasteiger partial charge in [0.2, 0.25) is 5.95 Å². The summed E-state index contributed by atoms with van der Waals surface area (Å²) in [5.41, 5.74) is 1.91. The normalized spacial score (nSPS) is 11.1. The molecule has 0 bridgehead atoms. The zero-order valence-electron chi connectivity index (χ0n) is 18.6. The third-order valence-corrected chi connectivity index (χ3v) is 5.33. The van der Waals surface area contributed by atoms with Crippen LogP contribution in [0.5, 0.6) is 5.75 Å². The third kappa shape index (κ3) is 5.39. The van der Waals surface area contributed by atoms with Crippen LogP contribution in [0.4, 0.5) is 17.5 Å². The number of nitrogens with one attached hydrogen (secondary N) is 1. The van der Waals surface area contributed by atoms with Crippen molar-refractivity contribution in [1.82, 2.24) is 14.9 Å². The van der Waals surface area contributed by atoms with Crippen LogP contribution in [0.3, 0.4) is 0 Å². The summed E-state index contributed by atoms with van der Waals surface area (Å²) in [6.07, 6.45) is 0. The number of aromatic nitrogens is 2.